The molecular weight excluding hydrogens is 378 g/mol. The van der Waals surface area contributed by atoms with Crippen molar-refractivity contribution in [2.24, 2.45) is 0 Å². The van der Waals surface area contributed by atoms with Crippen LogP contribution in [-0.4, -0.2) is 28.9 Å². The van der Waals surface area contributed by atoms with E-state index in [-0.39, 0.29) is 11.9 Å². The number of nitrogens with zero attached hydrogens (tertiary/aromatic N) is 2. The number of hydrogen-bond donors (Lipinski definition) is 1. The SMILES string of the molecule is O=C(CN1CCCC1c1cccc(Br)c1)Nc1cccnc1Cl. The van der Waals surface area contributed by atoms with Crippen LogP contribution < -0.4 is 5.32 Å². The summed E-state index contributed by atoms with van der Waals surface area (Å²) in [5.41, 5.74) is 1.79. The van der Waals surface area contributed by atoms with Gasteiger partial charge in [-0.25, -0.2) is 4.98 Å². The van der Waals surface area contributed by atoms with Crippen molar-refractivity contribution in [3.63, 3.8) is 0 Å². The summed E-state index contributed by atoms with van der Waals surface area (Å²) < 4.78 is 1.06. The van der Waals surface area contributed by atoms with Crippen LogP contribution in [-0.2, 0) is 4.79 Å². The summed E-state index contributed by atoms with van der Waals surface area (Å²) in [6, 6.07) is 12.1. The zero-order valence-corrected chi connectivity index (χ0v) is 14.8. The molecule has 1 amide bonds. The van der Waals surface area contributed by atoms with E-state index in [9.17, 15) is 4.79 Å². The Labute approximate surface area is 149 Å². The summed E-state index contributed by atoms with van der Waals surface area (Å²) in [6.45, 7) is 1.27. The molecule has 1 aliphatic rings. The molecule has 1 aromatic heterocycles. The van der Waals surface area contributed by atoms with E-state index in [4.69, 9.17) is 11.6 Å². The molecular formula is C17H17BrClN3O. The van der Waals surface area contributed by atoms with Gasteiger partial charge in [-0.2, -0.15) is 0 Å². The van der Waals surface area contributed by atoms with Gasteiger partial charge in [0.05, 0.1) is 12.2 Å². The molecule has 1 unspecified atom stereocenters. The van der Waals surface area contributed by atoms with Crippen LogP contribution in [0.3, 0.4) is 0 Å². The average Bonchev–Trinajstić information content (AvgIpc) is 2.97. The van der Waals surface area contributed by atoms with Crippen LogP contribution in [0.1, 0.15) is 24.4 Å². The van der Waals surface area contributed by atoms with Crippen molar-refractivity contribution in [2.45, 2.75) is 18.9 Å². The number of carbonyl (C=O) groups excluding carboxylic acids is 1. The molecule has 3 rings (SSSR count). The molecule has 0 spiro atoms. The second-order valence-electron chi connectivity index (χ2n) is 5.57. The number of carbonyl (C=O) groups is 1. The Kier molecular flexibility index (Phi) is 5.30. The van der Waals surface area contributed by atoms with Gasteiger partial charge in [-0.1, -0.05) is 39.7 Å². The summed E-state index contributed by atoms with van der Waals surface area (Å²) >= 11 is 9.50. The van der Waals surface area contributed by atoms with Gasteiger partial charge in [0, 0.05) is 16.7 Å². The van der Waals surface area contributed by atoms with Crippen molar-refractivity contribution in [3.05, 3.63) is 57.8 Å². The van der Waals surface area contributed by atoms with E-state index in [1.54, 1.807) is 18.3 Å². The van der Waals surface area contributed by atoms with Crippen molar-refractivity contribution in [1.29, 1.82) is 0 Å². The maximum atomic E-state index is 12.3. The number of pyridine rings is 1. The Hall–Kier alpha value is -1.43. The first-order valence-electron chi connectivity index (χ1n) is 7.53. The predicted molar refractivity (Wildman–Crippen MR) is 95.6 cm³/mol. The number of rotatable bonds is 4. The predicted octanol–water partition coefficient (Wildman–Crippen LogP) is 4.27. The lowest BCUT2D eigenvalue weighted by Gasteiger charge is -2.24. The van der Waals surface area contributed by atoms with E-state index >= 15 is 0 Å². The summed E-state index contributed by atoms with van der Waals surface area (Å²) in [5.74, 6) is -0.0678. The number of nitrogens with one attached hydrogen (secondary N) is 1. The highest BCUT2D eigenvalue weighted by molar-refractivity contribution is 9.10. The standard InChI is InChI=1S/C17H17BrClN3O/c18-13-5-1-4-12(10-13)15-7-3-9-22(15)11-16(23)21-14-6-2-8-20-17(14)19/h1-2,4-6,8,10,15H,3,7,9,11H2,(H,21,23). The van der Waals surface area contributed by atoms with Crippen molar-refractivity contribution >= 4 is 39.1 Å². The van der Waals surface area contributed by atoms with E-state index in [0.29, 0.717) is 17.4 Å². The molecule has 1 saturated heterocycles. The van der Waals surface area contributed by atoms with E-state index in [1.807, 2.05) is 12.1 Å². The molecule has 1 aliphatic heterocycles. The monoisotopic (exact) mass is 393 g/mol. The molecule has 1 N–H and O–H groups in total. The average molecular weight is 395 g/mol. The van der Waals surface area contributed by atoms with Gasteiger partial charge in [0.2, 0.25) is 5.91 Å². The fourth-order valence-electron chi connectivity index (χ4n) is 2.96. The first kappa shape index (κ1) is 16.4. The Morgan fingerprint density at radius 1 is 1.39 bits per heavy atom. The van der Waals surface area contributed by atoms with Crippen molar-refractivity contribution in [3.8, 4) is 0 Å². The minimum absolute atomic E-state index is 0.0678. The summed E-state index contributed by atoms with van der Waals surface area (Å²) in [5, 5.41) is 3.15. The van der Waals surface area contributed by atoms with Gasteiger partial charge in [0.1, 0.15) is 0 Å². The quantitative estimate of drug-likeness (QED) is 0.788. The second-order valence-corrected chi connectivity index (χ2v) is 6.85. The lowest BCUT2D eigenvalue weighted by molar-refractivity contribution is -0.117. The fraction of sp³-hybridized carbons (Fsp3) is 0.294. The molecule has 0 saturated carbocycles. The second kappa shape index (κ2) is 7.43. The van der Waals surface area contributed by atoms with Gasteiger partial charge in [-0.05, 0) is 49.2 Å². The third-order valence-corrected chi connectivity index (χ3v) is 4.77. The van der Waals surface area contributed by atoms with E-state index in [2.05, 4.69) is 43.3 Å². The van der Waals surface area contributed by atoms with Gasteiger partial charge in [0.25, 0.3) is 0 Å². The number of hydrogen-bond acceptors (Lipinski definition) is 3. The zero-order chi connectivity index (χ0) is 16.2. The maximum absolute atomic E-state index is 12.3. The molecule has 1 atom stereocenters. The molecule has 0 aliphatic carbocycles. The number of amides is 1. The number of halogens is 2. The minimum atomic E-state index is -0.0678. The Morgan fingerprint density at radius 3 is 3.04 bits per heavy atom. The third-order valence-electron chi connectivity index (χ3n) is 3.98. The molecule has 6 heteroatoms. The zero-order valence-electron chi connectivity index (χ0n) is 12.5. The van der Waals surface area contributed by atoms with Gasteiger partial charge in [0.15, 0.2) is 5.15 Å². The van der Waals surface area contributed by atoms with Crippen molar-refractivity contribution in [2.75, 3.05) is 18.4 Å². The highest BCUT2D eigenvalue weighted by Crippen LogP contribution is 2.32. The first-order valence-corrected chi connectivity index (χ1v) is 8.70. The van der Waals surface area contributed by atoms with Crippen LogP contribution in [0.4, 0.5) is 5.69 Å². The first-order chi connectivity index (χ1) is 11.1. The van der Waals surface area contributed by atoms with Crippen LogP contribution in [0, 0.1) is 0 Å². The van der Waals surface area contributed by atoms with Crippen LogP contribution in [0.25, 0.3) is 0 Å². The summed E-state index contributed by atoms with van der Waals surface area (Å²) in [6.07, 6.45) is 3.76. The highest BCUT2D eigenvalue weighted by Gasteiger charge is 2.27. The van der Waals surface area contributed by atoms with Crippen LogP contribution in [0.5, 0.6) is 0 Å². The lowest BCUT2D eigenvalue weighted by atomic mass is 10.0. The third kappa shape index (κ3) is 4.10. The van der Waals surface area contributed by atoms with Crippen molar-refractivity contribution < 1.29 is 4.79 Å². The number of aromatic nitrogens is 1. The number of benzene rings is 1. The van der Waals surface area contributed by atoms with Crippen molar-refractivity contribution in [1.82, 2.24) is 9.88 Å². The molecule has 23 heavy (non-hydrogen) atoms. The maximum Gasteiger partial charge on any atom is 0.238 e. The smallest absolute Gasteiger partial charge is 0.238 e. The molecule has 120 valence electrons. The van der Waals surface area contributed by atoms with Crippen LogP contribution in [0.2, 0.25) is 5.15 Å². The minimum Gasteiger partial charge on any atom is -0.322 e. The van der Waals surface area contributed by atoms with Gasteiger partial charge >= 0.3 is 0 Å². The van der Waals surface area contributed by atoms with Gasteiger partial charge in [-0.15, -0.1) is 0 Å². The van der Waals surface area contributed by atoms with Crippen LogP contribution >= 0.6 is 27.5 Å². The van der Waals surface area contributed by atoms with Gasteiger partial charge < -0.3 is 5.32 Å². The largest absolute Gasteiger partial charge is 0.322 e. The Balaban J connectivity index is 1.67. The topological polar surface area (TPSA) is 45.2 Å². The number of likely N-dealkylation sites (tertiary alicyclic amines) is 1. The number of anilines is 1. The molecule has 2 heterocycles. The molecule has 1 aromatic carbocycles. The van der Waals surface area contributed by atoms with E-state index in [1.165, 1.54) is 5.56 Å². The van der Waals surface area contributed by atoms with Gasteiger partial charge in [-0.3, -0.25) is 9.69 Å². The Bertz CT molecular complexity index is 710. The van der Waals surface area contributed by atoms with Crippen LogP contribution in [0.15, 0.2) is 47.1 Å². The molecule has 2 aromatic rings. The molecule has 1 fully saturated rings. The normalized spacial score (nSPS) is 18.1. The molecule has 4 nitrogen and oxygen atoms in total. The molecule has 0 bridgehead atoms. The van der Waals surface area contributed by atoms with E-state index < -0.39 is 0 Å². The fourth-order valence-corrected chi connectivity index (χ4v) is 3.54. The van der Waals surface area contributed by atoms with E-state index in [0.717, 1.165) is 23.9 Å². The Morgan fingerprint density at radius 2 is 2.26 bits per heavy atom. The lowest BCUT2D eigenvalue weighted by Crippen LogP contribution is -2.33. The summed E-state index contributed by atoms with van der Waals surface area (Å²) in [7, 11) is 0. The highest BCUT2D eigenvalue weighted by atomic mass is 79.9. The molecule has 0 radical (unpaired) electrons. The summed E-state index contributed by atoms with van der Waals surface area (Å²) in [4.78, 5) is 18.5.